The number of hydrogen-bond donors (Lipinski definition) is 6. The minimum atomic E-state index is -0.687. The summed E-state index contributed by atoms with van der Waals surface area (Å²) in [5, 5.41) is 37.2. The number of carbonyl (C=O) groups is 2. The standard InChI is InChI=1S/C58H60N14O6/c1-68-15-9-39-37(7-14-59-55(39)68)53-41-21-62-56(75)51(41)43(23-60-53)65-50-6-4-36(33-13-20-78-31-33)46(67-50)27-71-28-47(48(74)29-71)72-18-11-38(40-10-16-69(2)58(40)72)54-42-22-63-57(76)52(42)44(24-61-54)64-49-5-3-35(32-12-19-77-30-32)45(66-49)26-70-17-8-34(73)25-70/h3-7,9-11,14-16,18,23-24,32-34,47-48,73-74H,8,12-13,17,19-22,25-31H2,1-2H3,(H3,59,62,63,65,67,75,76)/p+1/t32-,33+,34+,47?,48+/m0/s1. The van der Waals surface area contributed by atoms with E-state index in [4.69, 9.17) is 29.4 Å². The van der Waals surface area contributed by atoms with Crippen LogP contribution in [-0.4, -0.2) is 131 Å². The van der Waals surface area contributed by atoms with Gasteiger partial charge in [-0.3, -0.25) is 29.4 Å². The Morgan fingerprint density at radius 3 is 1.88 bits per heavy atom. The van der Waals surface area contributed by atoms with Crippen molar-refractivity contribution in [2.45, 2.75) is 75.5 Å². The quantitative estimate of drug-likeness (QED) is 0.0814. The van der Waals surface area contributed by atoms with Crippen LogP contribution in [-0.2, 0) is 49.7 Å². The molecule has 0 spiro atoms. The van der Waals surface area contributed by atoms with E-state index in [1.165, 1.54) is 0 Å². The van der Waals surface area contributed by atoms with Crippen LogP contribution in [0.5, 0.6) is 0 Å². The van der Waals surface area contributed by atoms with Gasteiger partial charge in [0.25, 0.3) is 17.5 Å². The minimum Gasteiger partial charge on any atom is -0.392 e. The van der Waals surface area contributed by atoms with Crippen LogP contribution in [0.25, 0.3) is 44.6 Å². The van der Waals surface area contributed by atoms with Gasteiger partial charge in [-0.25, -0.2) is 24.1 Å². The number of aromatic nitrogens is 8. The molecule has 6 N–H and O–H groups in total. The number of pyridine rings is 6. The van der Waals surface area contributed by atoms with Crippen molar-refractivity contribution in [2.75, 3.05) is 63.2 Å². The monoisotopic (exact) mass is 1050 g/mol. The van der Waals surface area contributed by atoms with Gasteiger partial charge >= 0.3 is 0 Å². The molecule has 6 aliphatic heterocycles. The van der Waals surface area contributed by atoms with Crippen molar-refractivity contribution in [3.05, 3.63) is 130 Å². The third-order valence-corrected chi connectivity index (χ3v) is 16.9. The largest absolute Gasteiger partial charge is 0.392 e. The van der Waals surface area contributed by atoms with Crippen molar-refractivity contribution >= 4 is 56.9 Å². The Balaban J connectivity index is 0.735. The Kier molecular flexibility index (Phi) is 12.2. The molecule has 14 heterocycles. The molecule has 4 fully saturated rings. The molecule has 78 heavy (non-hydrogen) atoms. The summed E-state index contributed by atoms with van der Waals surface area (Å²) < 4.78 is 17.9. The molecular weight excluding hydrogens is 989 g/mol. The summed E-state index contributed by atoms with van der Waals surface area (Å²) in [5.41, 5.74) is 13.0. The fraction of sp³-hybridized carbons (Fsp3) is 0.379. The van der Waals surface area contributed by atoms with Gasteiger partial charge in [0.2, 0.25) is 0 Å². The predicted molar refractivity (Wildman–Crippen MR) is 290 cm³/mol. The zero-order valence-corrected chi connectivity index (χ0v) is 43.6. The third kappa shape index (κ3) is 8.54. The van der Waals surface area contributed by atoms with Gasteiger partial charge < -0.3 is 45.5 Å². The van der Waals surface area contributed by atoms with Crippen LogP contribution in [0, 0.1) is 0 Å². The molecule has 0 bridgehead atoms. The highest BCUT2D eigenvalue weighted by Gasteiger charge is 2.39. The number of aliphatic hydroxyl groups is 2. The van der Waals surface area contributed by atoms with Crippen molar-refractivity contribution < 1.29 is 33.8 Å². The average molecular weight is 1050 g/mol. The van der Waals surface area contributed by atoms with Crippen LogP contribution in [0.15, 0.2) is 85.7 Å². The van der Waals surface area contributed by atoms with Gasteiger partial charge in [-0.05, 0) is 66.8 Å². The van der Waals surface area contributed by atoms with Gasteiger partial charge in [-0.1, -0.05) is 12.1 Å². The second-order valence-electron chi connectivity index (χ2n) is 21.8. The molecule has 20 nitrogen and oxygen atoms in total. The highest BCUT2D eigenvalue weighted by molar-refractivity contribution is 6.08. The molecule has 398 valence electrons. The molecule has 2 amide bonds. The van der Waals surface area contributed by atoms with E-state index in [1.54, 1.807) is 18.6 Å². The van der Waals surface area contributed by atoms with Crippen molar-refractivity contribution in [3.63, 3.8) is 0 Å². The number of hydrogen-bond acceptors (Lipinski definition) is 15. The topological polar surface area (TPSA) is 226 Å². The van der Waals surface area contributed by atoms with Gasteiger partial charge in [-0.15, -0.1) is 0 Å². The van der Waals surface area contributed by atoms with Crippen molar-refractivity contribution in [2.24, 2.45) is 14.1 Å². The van der Waals surface area contributed by atoms with Crippen LogP contribution in [0.2, 0.25) is 0 Å². The first-order valence-electron chi connectivity index (χ1n) is 27.1. The van der Waals surface area contributed by atoms with Gasteiger partial charge in [0, 0.05) is 124 Å². The number of carbonyl (C=O) groups excluding carboxylic acids is 2. The number of likely N-dealkylation sites (tertiary alicyclic amines) is 2. The number of nitrogens with one attached hydrogen (secondary N) is 4. The average Bonchev–Trinajstić information content (AvgIpc) is 4.32. The summed E-state index contributed by atoms with van der Waals surface area (Å²) in [6.45, 7) is 6.90. The summed E-state index contributed by atoms with van der Waals surface area (Å²) in [6, 6.07) is 16.0. The van der Waals surface area contributed by atoms with Gasteiger partial charge in [0.1, 0.15) is 29.4 Å². The molecule has 4 saturated heterocycles. The molecule has 1 unspecified atom stereocenters. The second kappa shape index (κ2) is 19.6. The van der Waals surface area contributed by atoms with Gasteiger partial charge in [0.05, 0.1) is 102 Å². The Labute approximate surface area is 449 Å². The number of β-amino-alcohol motifs (C(OH)–C–C–N with tert-alkyl or cyclic N) is 2. The third-order valence-electron chi connectivity index (χ3n) is 16.9. The van der Waals surface area contributed by atoms with Crippen LogP contribution >= 0.6 is 0 Å². The van der Waals surface area contributed by atoms with E-state index in [0.29, 0.717) is 105 Å². The number of ether oxygens (including phenoxy) is 2. The van der Waals surface area contributed by atoms with Crippen LogP contribution in [0.4, 0.5) is 23.0 Å². The lowest BCUT2D eigenvalue weighted by Gasteiger charge is -2.21. The Hall–Kier alpha value is -7.72. The number of rotatable bonds is 13. The van der Waals surface area contributed by atoms with E-state index in [2.05, 4.69) is 69.5 Å². The van der Waals surface area contributed by atoms with Crippen LogP contribution in [0.1, 0.15) is 91.5 Å². The van der Waals surface area contributed by atoms with Crippen LogP contribution in [0.3, 0.4) is 0 Å². The zero-order chi connectivity index (χ0) is 52.8. The molecule has 14 rings (SSSR count). The lowest BCUT2D eigenvalue weighted by molar-refractivity contribution is -0.703. The molecule has 8 aromatic rings. The number of aryl methyl sites for hydroxylation is 2. The van der Waals surface area contributed by atoms with E-state index < -0.39 is 6.10 Å². The first-order valence-corrected chi connectivity index (χ1v) is 27.1. The maximum atomic E-state index is 13.7. The van der Waals surface area contributed by atoms with E-state index >= 15 is 0 Å². The lowest BCUT2D eigenvalue weighted by Crippen LogP contribution is -2.47. The minimum absolute atomic E-state index is 0.168. The number of amides is 2. The van der Waals surface area contributed by atoms with E-state index in [9.17, 15) is 19.8 Å². The lowest BCUT2D eigenvalue weighted by atomic mass is 9.96. The number of aliphatic hydroxyl groups excluding tert-OH is 2. The Morgan fingerprint density at radius 1 is 0.679 bits per heavy atom. The first-order chi connectivity index (χ1) is 38.1. The smallest absolute Gasteiger partial charge is 0.289 e. The van der Waals surface area contributed by atoms with Crippen molar-refractivity contribution in [1.82, 2.24) is 54.5 Å². The molecule has 0 radical (unpaired) electrons. The van der Waals surface area contributed by atoms with Gasteiger partial charge in [-0.2, -0.15) is 0 Å². The number of nitrogens with zero attached hydrogens (tertiary/aromatic N) is 10. The molecule has 0 aliphatic carbocycles. The maximum absolute atomic E-state index is 13.7. The molecule has 0 aromatic carbocycles. The normalized spacial score (nSPS) is 22.2. The Bertz CT molecular complexity index is 3720. The molecule has 5 atom stereocenters. The molecule has 6 aliphatic rings. The summed E-state index contributed by atoms with van der Waals surface area (Å²) in [4.78, 5) is 56.7. The number of fused-ring (bicyclic) bond motifs is 4. The maximum Gasteiger partial charge on any atom is 0.289 e. The zero-order valence-electron chi connectivity index (χ0n) is 43.6. The predicted octanol–water partition coefficient (Wildman–Crippen LogP) is 5.23. The highest BCUT2D eigenvalue weighted by Crippen LogP contribution is 2.40. The van der Waals surface area contributed by atoms with E-state index in [0.717, 1.165) is 105 Å². The molecule has 0 saturated carbocycles. The summed E-state index contributed by atoms with van der Waals surface area (Å²) in [6.07, 6.45) is 12.8. The second-order valence-corrected chi connectivity index (χ2v) is 21.8. The van der Waals surface area contributed by atoms with Gasteiger partial charge in [0.15, 0.2) is 0 Å². The summed E-state index contributed by atoms with van der Waals surface area (Å²) >= 11 is 0. The van der Waals surface area contributed by atoms with Crippen molar-refractivity contribution in [1.29, 1.82) is 0 Å². The summed E-state index contributed by atoms with van der Waals surface area (Å²) in [7, 11) is 3.97. The van der Waals surface area contributed by atoms with Crippen LogP contribution < -0.4 is 25.8 Å². The summed E-state index contributed by atoms with van der Waals surface area (Å²) in [5.74, 6) is 1.31. The number of anilines is 4. The highest BCUT2D eigenvalue weighted by atomic mass is 16.5. The fourth-order valence-corrected chi connectivity index (χ4v) is 13.0. The van der Waals surface area contributed by atoms with E-state index in [-0.39, 0.29) is 35.8 Å². The van der Waals surface area contributed by atoms with E-state index in [1.807, 2.05) is 61.5 Å². The molecule has 8 aromatic heterocycles. The molecule has 20 heteroatoms. The van der Waals surface area contributed by atoms with Crippen molar-refractivity contribution in [3.8, 4) is 22.5 Å². The SMILES string of the molecule is Cn1ccc2c(-c3ncc(Nc4ccc([C@@H]5CCOC5)c(CN5CC([n+]6ccc(-c7ncc(Nc8ccc([C@H]9CCOC9)c(CN9CC[C@@H](O)C9)n8)c8c7CNC8=O)c7ccn(C)c76)[C@H](O)C5)n4)c4c3CNC4=O)ccnc21. The molecular formula is C58H61N14O6+. The first kappa shape index (κ1) is 48.6. The fourth-order valence-electron chi connectivity index (χ4n) is 13.0. The Morgan fingerprint density at radius 2 is 1.28 bits per heavy atom.